The second-order valence-electron chi connectivity index (χ2n) is 26.2. The molecule has 1 saturated carbocycles. The summed E-state index contributed by atoms with van der Waals surface area (Å²) in [6, 6.07) is 6.07. The van der Waals surface area contributed by atoms with Crippen LogP contribution in [0.2, 0.25) is 72.5 Å². The molecule has 5 atom stereocenters. The summed E-state index contributed by atoms with van der Waals surface area (Å²) in [5, 5.41) is 0.299. The number of rotatable bonds is 24. The molecule has 2 rings (SSSR count). The van der Waals surface area contributed by atoms with Crippen LogP contribution in [0.25, 0.3) is 6.08 Å². The topological polar surface area (TPSA) is 66.9 Å². The maximum absolute atomic E-state index is 15.7. The van der Waals surface area contributed by atoms with Crippen molar-refractivity contribution in [2.24, 2.45) is 17.3 Å². The third kappa shape index (κ3) is 15.8. The van der Waals surface area contributed by atoms with Gasteiger partial charge in [0.15, 0.2) is 33.3 Å². The molecule has 0 aromatic carbocycles. The van der Waals surface area contributed by atoms with E-state index in [1.807, 2.05) is 18.3 Å². The van der Waals surface area contributed by atoms with Crippen LogP contribution >= 0.6 is 0 Å². The number of allylic oxidation sites excluding steroid dienone is 1. The molecular formula is C54H103NO5Si4. The van der Waals surface area contributed by atoms with E-state index in [1.54, 1.807) is 0 Å². The van der Waals surface area contributed by atoms with Crippen molar-refractivity contribution in [2.45, 2.75) is 259 Å². The van der Waals surface area contributed by atoms with Gasteiger partial charge in [0.25, 0.3) is 0 Å². The predicted molar refractivity (Wildman–Crippen MR) is 288 cm³/mol. The van der Waals surface area contributed by atoms with Gasteiger partial charge in [0.1, 0.15) is 5.78 Å². The Bertz CT molecular complexity index is 1670. The number of aromatic nitrogens is 1. The van der Waals surface area contributed by atoms with Crippen LogP contribution in [-0.2, 0) is 22.5 Å². The Balaban J connectivity index is 2.48. The van der Waals surface area contributed by atoms with E-state index in [0.717, 1.165) is 63.5 Å². The molecule has 64 heavy (non-hydrogen) atoms. The van der Waals surface area contributed by atoms with Gasteiger partial charge in [-0.25, -0.2) is 0 Å². The monoisotopic (exact) mass is 958 g/mol. The van der Waals surface area contributed by atoms with E-state index < -0.39 is 38.7 Å². The maximum Gasteiger partial charge on any atom is 0.192 e. The van der Waals surface area contributed by atoms with E-state index in [9.17, 15) is 0 Å². The standard InChI is InChI=1S/C54H103NO5Si4/c1-25-45(49(56)54(36-29-37-54)47(59-63(21,22)52(11,12)13)35-39-57-61(17,18)50(5,6)7)48(60-64(23,24)53(14,15)16)42(3)31-28-30-41(2)33-34-46(58-62(19,20)51(8,9)10)43(4)40-44-32-26-27-38-55-44/h26-27,32-33,38,40,42,45-48H,25,28-31,34-37,39H2,1-24H3/t42-,45+,46-,47-,48-/m0/s1. The number of hydrogen-bond acceptors (Lipinski definition) is 6. The highest BCUT2D eigenvalue weighted by molar-refractivity contribution is 6.75. The fourth-order valence-corrected chi connectivity index (χ4v) is 13.1. The predicted octanol–water partition coefficient (Wildman–Crippen LogP) is 17.0. The number of pyridine rings is 1. The summed E-state index contributed by atoms with van der Waals surface area (Å²) >= 11 is 0. The van der Waals surface area contributed by atoms with Crippen LogP contribution in [0, 0.1) is 17.3 Å². The van der Waals surface area contributed by atoms with Crippen molar-refractivity contribution in [2.75, 3.05) is 6.61 Å². The summed E-state index contributed by atoms with van der Waals surface area (Å²) in [6.07, 6.45) is 14.5. The Labute approximate surface area is 401 Å². The largest absolute Gasteiger partial charge is 0.417 e. The van der Waals surface area contributed by atoms with E-state index in [4.69, 9.17) is 17.7 Å². The van der Waals surface area contributed by atoms with Crippen LogP contribution in [-0.4, -0.2) is 69.0 Å². The zero-order valence-corrected chi connectivity index (χ0v) is 50.4. The van der Waals surface area contributed by atoms with Crippen LogP contribution < -0.4 is 0 Å². The zero-order chi connectivity index (χ0) is 49.5. The number of carbonyl (C=O) groups is 1. The minimum Gasteiger partial charge on any atom is -0.417 e. The number of nitrogens with zero attached hydrogens (tertiary/aromatic N) is 1. The van der Waals surface area contributed by atoms with Gasteiger partial charge in [-0.3, -0.25) is 9.78 Å². The molecule has 0 amide bonds. The van der Waals surface area contributed by atoms with Gasteiger partial charge in [0, 0.05) is 18.7 Å². The van der Waals surface area contributed by atoms with Gasteiger partial charge in [0.05, 0.1) is 29.4 Å². The maximum atomic E-state index is 15.7. The molecule has 10 heteroatoms. The van der Waals surface area contributed by atoms with Gasteiger partial charge in [-0.2, -0.15) is 0 Å². The Morgan fingerprint density at radius 3 is 1.72 bits per heavy atom. The Hall–Kier alpha value is -0.992. The number of carbonyl (C=O) groups excluding carboxylic acids is 1. The molecule has 1 aliphatic rings. The lowest BCUT2D eigenvalue weighted by Crippen LogP contribution is -2.59. The average Bonchev–Trinajstić information content (AvgIpc) is 3.10. The molecule has 0 spiro atoms. The molecule has 1 heterocycles. The molecule has 0 bridgehead atoms. The highest BCUT2D eigenvalue weighted by atomic mass is 28.4. The molecule has 0 aliphatic heterocycles. The Kier molecular flexibility index (Phi) is 20.9. The third-order valence-corrected chi connectivity index (χ3v) is 34.9. The molecule has 0 radical (unpaired) electrons. The molecule has 0 unspecified atom stereocenters. The fourth-order valence-electron chi connectivity index (χ4n) is 7.88. The summed E-state index contributed by atoms with van der Waals surface area (Å²) in [5.74, 6) is 0.439. The second kappa shape index (κ2) is 22.6. The zero-order valence-electron chi connectivity index (χ0n) is 46.4. The van der Waals surface area contributed by atoms with Crippen LogP contribution in [0.5, 0.6) is 0 Å². The highest BCUT2D eigenvalue weighted by Crippen LogP contribution is 2.53. The summed E-state index contributed by atoms with van der Waals surface area (Å²) in [7, 11) is -8.47. The number of Topliss-reactive ketones (excluding diaryl/α,β-unsaturated/α-hetero) is 1. The summed E-state index contributed by atoms with van der Waals surface area (Å²) in [6.45, 7) is 56.3. The minimum atomic E-state index is -2.24. The van der Waals surface area contributed by atoms with Crippen molar-refractivity contribution in [3.63, 3.8) is 0 Å². The lowest BCUT2D eigenvalue weighted by molar-refractivity contribution is -0.153. The van der Waals surface area contributed by atoms with E-state index in [2.05, 4.69) is 186 Å². The molecule has 0 N–H and O–H groups in total. The Morgan fingerprint density at radius 1 is 0.750 bits per heavy atom. The van der Waals surface area contributed by atoms with Crippen LogP contribution in [0.3, 0.4) is 0 Å². The van der Waals surface area contributed by atoms with Crippen LogP contribution in [0.15, 0.2) is 41.6 Å². The van der Waals surface area contributed by atoms with Gasteiger partial charge in [-0.1, -0.05) is 121 Å². The van der Waals surface area contributed by atoms with Crippen LogP contribution in [0.4, 0.5) is 0 Å². The first kappa shape index (κ1) is 59.1. The highest BCUT2D eigenvalue weighted by Gasteiger charge is 2.56. The smallest absolute Gasteiger partial charge is 0.192 e. The fraction of sp³-hybridized carbons (Fsp3) is 0.815. The molecule has 1 aromatic rings. The van der Waals surface area contributed by atoms with Crippen molar-refractivity contribution in [3.8, 4) is 0 Å². The molecule has 1 aliphatic carbocycles. The van der Waals surface area contributed by atoms with Crippen molar-refractivity contribution in [3.05, 3.63) is 47.3 Å². The Morgan fingerprint density at radius 2 is 1.27 bits per heavy atom. The molecule has 0 saturated heterocycles. The molecular weight excluding hydrogens is 855 g/mol. The van der Waals surface area contributed by atoms with Gasteiger partial charge in [0.2, 0.25) is 0 Å². The average molecular weight is 959 g/mol. The summed E-state index contributed by atoms with van der Waals surface area (Å²) < 4.78 is 28.9. The third-order valence-electron chi connectivity index (χ3n) is 16.9. The van der Waals surface area contributed by atoms with Gasteiger partial charge in [-0.15, -0.1) is 0 Å². The number of ketones is 1. The van der Waals surface area contributed by atoms with Crippen molar-refractivity contribution in [1.82, 2.24) is 4.98 Å². The van der Waals surface area contributed by atoms with Gasteiger partial charge in [-0.05, 0) is 167 Å². The first-order chi connectivity index (χ1) is 28.9. The van der Waals surface area contributed by atoms with Crippen LogP contribution in [0.1, 0.15) is 174 Å². The quantitative estimate of drug-likeness (QED) is 0.0760. The van der Waals surface area contributed by atoms with Crippen molar-refractivity contribution in [1.29, 1.82) is 0 Å². The van der Waals surface area contributed by atoms with E-state index >= 15 is 4.79 Å². The second-order valence-corrected chi connectivity index (χ2v) is 45.2. The molecule has 370 valence electrons. The van der Waals surface area contributed by atoms with Crippen molar-refractivity contribution >= 4 is 45.1 Å². The first-order valence-corrected chi connectivity index (χ1v) is 37.0. The lowest BCUT2D eigenvalue weighted by atomic mass is 9.58. The summed E-state index contributed by atoms with van der Waals surface area (Å²) in [4.78, 5) is 20.3. The molecule has 1 aromatic heterocycles. The van der Waals surface area contributed by atoms with Crippen molar-refractivity contribution < 1.29 is 22.5 Å². The number of hydrogen-bond donors (Lipinski definition) is 0. The minimum absolute atomic E-state index is 0.00245. The normalized spacial score (nSPS) is 18.9. The molecule has 1 fully saturated rings. The molecule has 6 nitrogen and oxygen atoms in total. The summed E-state index contributed by atoms with van der Waals surface area (Å²) in [5.41, 5.74) is 3.07. The first-order valence-electron chi connectivity index (χ1n) is 25.3. The van der Waals surface area contributed by atoms with E-state index in [0.29, 0.717) is 12.4 Å². The lowest BCUT2D eigenvalue weighted by Gasteiger charge is -2.53. The van der Waals surface area contributed by atoms with Gasteiger partial charge >= 0.3 is 0 Å². The van der Waals surface area contributed by atoms with E-state index in [1.165, 1.54) is 11.1 Å². The van der Waals surface area contributed by atoms with Gasteiger partial charge < -0.3 is 17.7 Å². The van der Waals surface area contributed by atoms with E-state index in [-0.39, 0.29) is 50.3 Å². The SMILES string of the molecule is CC[C@@H](C(=O)C1([C@H](CCO[Si](C)(C)C(C)(C)C)O[Si](C)(C)C(C)(C)C)CCC1)[C@@H](O[Si](C)(C)C(C)(C)C)[C@@H](C)CCCC(C)=CC[C@H](O[Si](C)(C)C(C)(C)C)C(C)=Cc1ccccn1.